The molecule has 0 fully saturated rings. The Balaban J connectivity index is 1.42. The van der Waals surface area contributed by atoms with Crippen molar-refractivity contribution in [2.75, 3.05) is 0 Å². The molecular weight excluding hydrogens is 477 g/mol. The van der Waals surface area contributed by atoms with Crippen molar-refractivity contribution in [1.82, 2.24) is 17.5 Å². The predicted octanol–water partition coefficient (Wildman–Crippen LogP) is 5.96. The highest BCUT2D eigenvalue weighted by molar-refractivity contribution is 7.31. The van der Waals surface area contributed by atoms with Crippen molar-refractivity contribution in [3.8, 4) is 30.6 Å². The van der Waals surface area contributed by atoms with Crippen LogP contribution in [0.5, 0.6) is 0 Å². The SMILES string of the molecule is C[Si]1(C)c2cc(-c3cccc4nsnc34)sc2-c2sc(-c3cccc4nsnc34)cc21. The van der Waals surface area contributed by atoms with Gasteiger partial charge in [-0.2, -0.15) is 17.5 Å². The molecule has 0 saturated carbocycles. The maximum absolute atomic E-state index is 4.57. The third kappa shape index (κ3) is 2.49. The third-order valence-corrected chi connectivity index (χ3v) is 13.6. The molecular formula is C22H14N4S4Si. The fourth-order valence-corrected chi connectivity index (χ4v) is 12.8. The van der Waals surface area contributed by atoms with Gasteiger partial charge in [-0.05, 0) is 34.6 Å². The van der Waals surface area contributed by atoms with Gasteiger partial charge in [0.1, 0.15) is 30.1 Å². The molecule has 7 rings (SSSR count). The normalized spacial score (nSPS) is 14.4. The van der Waals surface area contributed by atoms with Crippen LogP contribution in [0, 0.1) is 0 Å². The zero-order valence-electron chi connectivity index (χ0n) is 16.5. The number of rotatable bonds is 2. The van der Waals surface area contributed by atoms with Gasteiger partial charge in [0.15, 0.2) is 0 Å². The first-order valence-corrected chi connectivity index (χ1v) is 15.9. The number of hydrogen-bond acceptors (Lipinski definition) is 8. The van der Waals surface area contributed by atoms with E-state index < -0.39 is 8.07 Å². The van der Waals surface area contributed by atoms with Gasteiger partial charge in [-0.15, -0.1) is 22.7 Å². The van der Waals surface area contributed by atoms with Crippen molar-refractivity contribution in [1.29, 1.82) is 0 Å². The average Bonchev–Trinajstić information content (AvgIpc) is 3.57. The van der Waals surface area contributed by atoms with Crippen LogP contribution in [0.1, 0.15) is 0 Å². The first-order valence-electron chi connectivity index (χ1n) is 9.83. The van der Waals surface area contributed by atoms with E-state index in [1.165, 1.54) is 54.1 Å². The Bertz CT molecular complexity index is 1520. The quantitative estimate of drug-likeness (QED) is 0.281. The van der Waals surface area contributed by atoms with E-state index in [1.807, 2.05) is 34.8 Å². The molecule has 0 unspecified atom stereocenters. The number of hydrogen-bond donors (Lipinski definition) is 0. The topological polar surface area (TPSA) is 51.6 Å². The summed E-state index contributed by atoms with van der Waals surface area (Å²) in [5.74, 6) is 0. The molecule has 9 heteroatoms. The number of aromatic nitrogens is 4. The van der Waals surface area contributed by atoms with Crippen LogP contribution in [0.2, 0.25) is 13.1 Å². The van der Waals surface area contributed by atoms with Crippen LogP contribution in [0.25, 0.3) is 52.7 Å². The monoisotopic (exact) mass is 490 g/mol. The van der Waals surface area contributed by atoms with Crippen molar-refractivity contribution in [2.45, 2.75) is 13.1 Å². The van der Waals surface area contributed by atoms with E-state index >= 15 is 0 Å². The zero-order valence-corrected chi connectivity index (χ0v) is 20.8. The molecule has 0 N–H and O–H groups in total. The van der Waals surface area contributed by atoms with Gasteiger partial charge in [0, 0.05) is 30.6 Å². The highest BCUT2D eigenvalue weighted by Crippen LogP contribution is 2.45. The van der Waals surface area contributed by atoms with Gasteiger partial charge in [0.2, 0.25) is 0 Å². The molecule has 0 aliphatic carbocycles. The lowest BCUT2D eigenvalue weighted by molar-refractivity contribution is 1.64. The second kappa shape index (κ2) is 6.36. The van der Waals surface area contributed by atoms with Crippen LogP contribution in [0.15, 0.2) is 48.5 Å². The first-order chi connectivity index (χ1) is 15.1. The van der Waals surface area contributed by atoms with E-state index in [0.717, 1.165) is 22.1 Å². The zero-order chi connectivity index (χ0) is 20.7. The molecule has 150 valence electrons. The molecule has 0 atom stereocenters. The molecule has 1 aliphatic heterocycles. The summed E-state index contributed by atoms with van der Waals surface area (Å²) in [6.45, 7) is 4.95. The van der Waals surface area contributed by atoms with Gasteiger partial charge in [-0.1, -0.05) is 37.4 Å². The van der Waals surface area contributed by atoms with Gasteiger partial charge < -0.3 is 0 Å². The molecule has 2 aromatic carbocycles. The van der Waals surface area contributed by atoms with E-state index in [0.29, 0.717) is 0 Å². The second-order valence-electron chi connectivity index (χ2n) is 8.21. The van der Waals surface area contributed by atoms with Crippen LogP contribution in [-0.4, -0.2) is 25.6 Å². The van der Waals surface area contributed by atoms with Gasteiger partial charge in [-0.3, -0.25) is 0 Å². The molecule has 0 amide bonds. The lowest BCUT2D eigenvalue weighted by Gasteiger charge is -2.16. The minimum atomic E-state index is -1.75. The van der Waals surface area contributed by atoms with E-state index in [9.17, 15) is 0 Å². The summed E-state index contributed by atoms with van der Waals surface area (Å²) in [4.78, 5) is 5.49. The molecule has 5 heterocycles. The molecule has 31 heavy (non-hydrogen) atoms. The average molecular weight is 491 g/mol. The summed E-state index contributed by atoms with van der Waals surface area (Å²) in [6.07, 6.45) is 0. The number of nitrogens with zero attached hydrogens (tertiary/aromatic N) is 4. The number of fused-ring (bicyclic) bond motifs is 5. The Morgan fingerprint density at radius 3 is 1.61 bits per heavy atom. The van der Waals surface area contributed by atoms with Gasteiger partial charge in [-0.25, -0.2) is 0 Å². The Morgan fingerprint density at radius 2 is 1.13 bits per heavy atom. The first kappa shape index (κ1) is 18.3. The van der Waals surface area contributed by atoms with E-state index in [-0.39, 0.29) is 0 Å². The summed E-state index contributed by atoms with van der Waals surface area (Å²) in [5.41, 5.74) is 6.40. The Morgan fingerprint density at radius 1 is 0.645 bits per heavy atom. The maximum Gasteiger partial charge on any atom is 0.116 e. The summed E-state index contributed by atoms with van der Waals surface area (Å²) in [7, 11) is -1.75. The Labute approximate surface area is 195 Å². The van der Waals surface area contributed by atoms with Crippen LogP contribution in [-0.2, 0) is 0 Å². The summed E-state index contributed by atoms with van der Waals surface area (Å²) >= 11 is 6.39. The lowest BCUT2D eigenvalue weighted by Crippen LogP contribution is -2.48. The van der Waals surface area contributed by atoms with Gasteiger partial charge in [0.25, 0.3) is 0 Å². The smallest absolute Gasteiger partial charge is 0.116 e. The number of thiophene rings is 2. The molecule has 1 aliphatic rings. The second-order valence-corrected chi connectivity index (χ2v) is 15.7. The largest absolute Gasteiger partial charge is 0.173 e. The molecule has 0 spiro atoms. The maximum atomic E-state index is 4.57. The molecule has 0 bridgehead atoms. The molecule has 0 saturated heterocycles. The van der Waals surface area contributed by atoms with Crippen LogP contribution in [0.3, 0.4) is 0 Å². The van der Waals surface area contributed by atoms with E-state index in [1.54, 1.807) is 10.4 Å². The van der Waals surface area contributed by atoms with Crippen LogP contribution >= 0.6 is 46.1 Å². The predicted molar refractivity (Wildman–Crippen MR) is 137 cm³/mol. The van der Waals surface area contributed by atoms with Gasteiger partial charge in [0.05, 0.1) is 23.5 Å². The van der Waals surface area contributed by atoms with Gasteiger partial charge >= 0.3 is 0 Å². The Kier molecular flexibility index (Phi) is 3.75. The standard InChI is InChI=1S/C22H14N4S4Si/c1-31(2)17-9-15(11-5-3-7-13-19(11)25-29-23-13)27-21(17)22-18(31)10-16(28-22)12-6-4-8-14-20(12)26-30-24-14/h3-10H,1-2H3. The molecule has 4 nitrogen and oxygen atoms in total. The summed E-state index contributed by atoms with van der Waals surface area (Å²) < 4.78 is 18.0. The van der Waals surface area contributed by atoms with Crippen molar-refractivity contribution in [3.63, 3.8) is 0 Å². The fraction of sp³-hybridized carbons (Fsp3) is 0.0909. The Hall–Kier alpha value is -2.30. The molecule has 6 aromatic rings. The van der Waals surface area contributed by atoms with Crippen LogP contribution < -0.4 is 10.4 Å². The third-order valence-electron chi connectivity index (χ3n) is 6.12. The number of benzene rings is 2. The molecule has 4 aromatic heterocycles. The highest BCUT2D eigenvalue weighted by Gasteiger charge is 2.41. The fourth-order valence-electron chi connectivity index (χ4n) is 4.47. The summed E-state index contributed by atoms with van der Waals surface area (Å²) in [6, 6.07) is 17.5. The van der Waals surface area contributed by atoms with E-state index in [2.05, 4.69) is 67.0 Å². The highest BCUT2D eigenvalue weighted by atomic mass is 32.1. The molecule has 0 radical (unpaired) electrons. The lowest BCUT2D eigenvalue weighted by atomic mass is 10.1. The van der Waals surface area contributed by atoms with Crippen molar-refractivity contribution < 1.29 is 0 Å². The van der Waals surface area contributed by atoms with Crippen LogP contribution in [0.4, 0.5) is 0 Å². The van der Waals surface area contributed by atoms with E-state index in [4.69, 9.17) is 0 Å². The minimum Gasteiger partial charge on any atom is -0.173 e. The van der Waals surface area contributed by atoms with Crippen molar-refractivity contribution in [2.24, 2.45) is 0 Å². The van der Waals surface area contributed by atoms with Crippen molar-refractivity contribution in [3.05, 3.63) is 48.5 Å². The van der Waals surface area contributed by atoms with Crippen molar-refractivity contribution >= 4 is 86.6 Å². The summed E-state index contributed by atoms with van der Waals surface area (Å²) in [5, 5.41) is 3.10. The minimum absolute atomic E-state index is 0.983.